The number of halogens is 7. The topological polar surface area (TPSA) is 300 Å². The standard InChI is InChI=1S/C33H32F3N5O2.C32H33ClFN7O2.C32H32ClFN6O3/c1-6-25(42)39-15-19-12-21-31(40(19)14-18(39)5)20-13-23(35)27(26-22(34)8-7-9-24(26)37)28(36)32(20)41(33(21)43)30-17(4)10-11-38-29(30)16(2)3;1-6-24(42)39-15-19-13-37-28-30(40(19)14-18(39)5)20-12-21(33)27(25-22(34)8-7-9-23(25)35)38-31(20)41(32(28)43)29-17(4)10-11-36-26(29)16(2)3;1-6-24(41)38-14-19-15-43-30-29(39(19)13-18(38)5)20-12-21(33)27(25-22(34)8-7-9-23(25)35)37-31(20)40(32(30)42)28-17(4)10-11-36-26(28)16(2)3/h6-11,13,16,18-19H,1,12,14-15,37H2,2-5H3;6-12,16,18-19,37H,1,13-15,35H2,2-5H3;6-12,16,18-19H,1,13-15,35H2,2-5H3. The lowest BCUT2D eigenvalue weighted by molar-refractivity contribution is -0.129. The molecule has 0 aliphatic carbocycles. The fourth-order valence-electron chi connectivity index (χ4n) is 19.2. The highest BCUT2D eigenvalue weighted by molar-refractivity contribution is 6.35. The van der Waals surface area contributed by atoms with Crippen molar-refractivity contribution in [2.45, 2.75) is 144 Å². The molecular weight excluding hydrogens is 1700 g/mol. The van der Waals surface area contributed by atoms with Gasteiger partial charge in [0.15, 0.2) is 17.1 Å². The first-order chi connectivity index (χ1) is 61.5. The van der Waals surface area contributed by atoms with Gasteiger partial charge in [0.1, 0.15) is 35.6 Å². The minimum absolute atomic E-state index is 0.00414. The fraction of sp³-hybridized carbons (Fsp3) is 0.309. The fourth-order valence-corrected chi connectivity index (χ4v) is 19.7. The van der Waals surface area contributed by atoms with Crippen LogP contribution in [0.3, 0.4) is 0 Å². The minimum atomic E-state index is -1.10. The van der Waals surface area contributed by atoms with Gasteiger partial charge in [-0.15, -0.1) is 0 Å². The van der Waals surface area contributed by atoms with Gasteiger partial charge < -0.3 is 56.7 Å². The van der Waals surface area contributed by atoms with Crippen molar-refractivity contribution in [2.24, 2.45) is 0 Å². The summed E-state index contributed by atoms with van der Waals surface area (Å²) >= 11 is 13.7. The van der Waals surface area contributed by atoms with E-state index in [1.54, 1.807) is 75.1 Å². The number of nitrogens with zero attached hydrogens (tertiary/aromatic N) is 14. The summed E-state index contributed by atoms with van der Waals surface area (Å²) in [4.78, 5) is 117. The molecule has 8 aromatic heterocycles. The molecule has 32 heteroatoms. The van der Waals surface area contributed by atoms with Gasteiger partial charge in [-0.1, -0.05) is 103 Å². The molecule has 6 unspecified atom stereocenters. The van der Waals surface area contributed by atoms with E-state index in [2.05, 4.69) is 49.8 Å². The van der Waals surface area contributed by atoms with E-state index in [-0.39, 0.29) is 162 Å². The lowest BCUT2D eigenvalue weighted by Crippen LogP contribution is -2.62. The highest BCUT2D eigenvalue weighted by atomic mass is 35.5. The van der Waals surface area contributed by atoms with Gasteiger partial charge in [-0.3, -0.25) is 57.4 Å². The number of carbonyl (C=O) groups is 3. The number of nitrogens with one attached hydrogen (secondary N) is 1. The Morgan fingerprint density at radius 1 is 0.481 bits per heavy atom. The summed E-state index contributed by atoms with van der Waals surface area (Å²) < 4.78 is 89.2. The largest absolute Gasteiger partial charge is 0.484 e. The van der Waals surface area contributed by atoms with Crippen LogP contribution in [0, 0.1) is 49.9 Å². The molecule has 0 spiro atoms. The van der Waals surface area contributed by atoms with Crippen LogP contribution in [-0.4, -0.2) is 160 Å². The molecule has 18 rings (SSSR count). The average molecular weight is 1790 g/mol. The number of carbonyl (C=O) groups excluding carboxylic acids is 3. The summed E-state index contributed by atoms with van der Waals surface area (Å²) in [5, 5.41) is 5.07. The summed E-state index contributed by atoms with van der Waals surface area (Å²) in [5.74, 6) is -4.66. The molecule has 6 aliphatic rings. The lowest BCUT2D eigenvalue weighted by atomic mass is 9.97. The summed E-state index contributed by atoms with van der Waals surface area (Å²) in [7, 11) is 0. The molecule has 6 atom stereocenters. The minimum Gasteiger partial charge on any atom is -0.484 e. The normalized spacial score (nSPS) is 17.9. The monoisotopic (exact) mass is 1790 g/mol. The molecule has 4 aromatic carbocycles. The molecule has 0 saturated carbocycles. The Balaban J connectivity index is 0.000000142. The number of rotatable bonds is 12. The molecule has 12 aromatic rings. The van der Waals surface area contributed by atoms with Gasteiger partial charge >= 0.3 is 5.56 Å². The van der Waals surface area contributed by atoms with E-state index >= 15 is 22.0 Å². The van der Waals surface area contributed by atoms with E-state index in [1.165, 1.54) is 69.8 Å². The van der Waals surface area contributed by atoms with Gasteiger partial charge in [-0.2, -0.15) is 0 Å². The molecule has 3 fully saturated rings. The maximum atomic E-state index is 17.0. The number of nitrogens with two attached hydrogens (primary N) is 3. The lowest BCUT2D eigenvalue weighted by Gasteiger charge is -2.49. The molecule has 0 radical (unpaired) electrons. The van der Waals surface area contributed by atoms with Crippen LogP contribution < -0.4 is 58.6 Å². The van der Waals surface area contributed by atoms with Crippen molar-refractivity contribution in [1.82, 2.24) is 53.3 Å². The first-order valence-corrected chi connectivity index (χ1v) is 43.4. The highest BCUT2D eigenvalue weighted by Gasteiger charge is 2.46. The van der Waals surface area contributed by atoms with Crippen LogP contribution in [0.15, 0.2) is 162 Å². The number of hydrogen-bond acceptors (Lipinski definition) is 19. The molecule has 666 valence electrons. The Morgan fingerprint density at radius 3 is 1.33 bits per heavy atom. The van der Waals surface area contributed by atoms with E-state index < -0.39 is 51.3 Å². The van der Waals surface area contributed by atoms with Crippen LogP contribution in [0.1, 0.15) is 119 Å². The zero-order chi connectivity index (χ0) is 92.4. The first kappa shape index (κ1) is 88.9. The Morgan fingerprint density at radius 2 is 0.884 bits per heavy atom. The van der Waals surface area contributed by atoms with E-state index in [4.69, 9.17) is 55.1 Å². The molecule has 3 saturated heterocycles. The zero-order valence-electron chi connectivity index (χ0n) is 73.3. The number of pyridine rings is 8. The highest BCUT2D eigenvalue weighted by Crippen LogP contribution is 2.50. The Hall–Kier alpha value is -13.5. The second-order valence-electron chi connectivity index (χ2n) is 34.6. The van der Waals surface area contributed by atoms with Crippen LogP contribution in [-0.2, 0) is 20.8 Å². The van der Waals surface area contributed by atoms with Gasteiger partial charge in [0.05, 0.1) is 113 Å². The van der Waals surface area contributed by atoms with Crippen molar-refractivity contribution in [3.8, 4) is 56.5 Å². The van der Waals surface area contributed by atoms with Crippen molar-refractivity contribution in [1.29, 1.82) is 0 Å². The molecule has 3 amide bonds. The maximum Gasteiger partial charge on any atom is 0.301 e. The number of aryl methyl sites for hydroxylation is 3. The van der Waals surface area contributed by atoms with Gasteiger partial charge in [0, 0.05) is 133 Å². The maximum absolute atomic E-state index is 17.0. The summed E-state index contributed by atoms with van der Waals surface area (Å²) in [6, 6.07) is 21.4. The van der Waals surface area contributed by atoms with Crippen molar-refractivity contribution in [2.75, 3.05) is 89.6 Å². The van der Waals surface area contributed by atoms with Crippen molar-refractivity contribution >= 4 is 114 Å². The quantitative estimate of drug-likeness (QED) is 0.0502. The Bertz CT molecular complexity index is 6610. The van der Waals surface area contributed by atoms with Crippen LogP contribution in [0.2, 0.25) is 10.0 Å². The second-order valence-corrected chi connectivity index (χ2v) is 35.4. The molecular formula is C97H97Cl2F5N18O7. The number of benzene rings is 4. The number of amides is 3. The van der Waals surface area contributed by atoms with Crippen molar-refractivity contribution in [3.63, 3.8) is 0 Å². The number of nitrogen functional groups attached to an aromatic ring is 3. The molecule has 129 heavy (non-hydrogen) atoms. The number of ether oxygens (including phenoxy) is 1. The summed E-state index contributed by atoms with van der Waals surface area (Å²) in [6.07, 6.45) is 9.23. The van der Waals surface area contributed by atoms with Crippen LogP contribution in [0.25, 0.3) is 83.7 Å². The van der Waals surface area contributed by atoms with E-state index in [0.717, 1.165) is 22.9 Å². The average Bonchev–Trinajstić information content (AvgIpc) is 1.57. The number of anilines is 7. The van der Waals surface area contributed by atoms with E-state index in [9.17, 15) is 28.8 Å². The van der Waals surface area contributed by atoms with Crippen molar-refractivity contribution < 1.29 is 41.1 Å². The number of fused-ring (bicyclic) bond motifs is 15. The molecule has 25 nitrogen and oxygen atoms in total. The third kappa shape index (κ3) is 15.0. The van der Waals surface area contributed by atoms with Crippen molar-refractivity contribution in [3.05, 3.63) is 257 Å². The third-order valence-corrected chi connectivity index (χ3v) is 25.9. The van der Waals surface area contributed by atoms with E-state index in [1.807, 2.05) is 93.2 Å². The Kier molecular flexibility index (Phi) is 23.9. The zero-order valence-corrected chi connectivity index (χ0v) is 74.8. The number of hydrogen-bond donors (Lipinski definition) is 4. The summed E-state index contributed by atoms with van der Waals surface area (Å²) in [5.41, 5.74) is 25.6. The SMILES string of the molecule is C=CC(=O)N1CC2CNc3c(c4cc(Cl)c(-c5c(N)cccc5F)nc4n(-c4c(C)ccnc4C(C)C)c3=O)N2CC1C.C=CC(=O)N1CC2COc3c(c4cc(Cl)c(-c5c(N)cccc5F)nc4n(-c4c(C)ccnc4C(C)C)c3=O)N2CC1C.C=CC(=O)N1CC2Cc3c(c4cc(F)c(-c5c(N)cccc5F)c(F)c4n(-c4c(C)ccnc4C(C)C)c3=O)N2CC1C. The number of aromatic nitrogens is 8. The predicted molar refractivity (Wildman–Crippen MR) is 499 cm³/mol. The van der Waals surface area contributed by atoms with Gasteiger partial charge in [0.2, 0.25) is 23.5 Å². The van der Waals surface area contributed by atoms with Gasteiger partial charge in [-0.05, 0) is 167 Å². The summed E-state index contributed by atoms with van der Waals surface area (Å²) in [6.45, 7) is 37.3. The van der Waals surface area contributed by atoms with Gasteiger partial charge in [-0.25, -0.2) is 31.9 Å². The van der Waals surface area contributed by atoms with E-state index in [0.29, 0.717) is 125 Å². The smallest absolute Gasteiger partial charge is 0.301 e. The molecule has 14 heterocycles. The predicted octanol–water partition coefficient (Wildman–Crippen LogP) is 16.1. The second kappa shape index (κ2) is 34.6. The molecule has 0 bridgehead atoms. The third-order valence-electron chi connectivity index (χ3n) is 25.3. The number of piperazine rings is 3. The molecule has 7 N–H and O–H groups in total. The van der Waals surface area contributed by atoms with Crippen LogP contribution in [0.5, 0.6) is 5.75 Å². The van der Waals surface area contributed by atoms with Gasteiger partial charge in [0.25, 0.3) is 11.1 Å². The van der Waals surface area contributed by atoms with Crippen LogP contribution in [0.4, 0.5) is 61.8 Å². The Labute approximate surface area is 750 Å². The first-order valence-electron chi connectivity index (χ1n) is 42.7. The molecule has 6 aliphatic heterocycles. The van der Waals surface area contributed by atoms with Crippen LogP contribution >= 0.6 is 23.2 Å².